The third-order valence-electron chi connectivity index (χ3n) is 9.27. The van der Waals surface area contributed by atoms with Gasteiger partial charge in [0.05, 0.1) is 0 Å². The minimum absolute atomic E-state index is 0.0634. The summed E-state index contributed by atoms with van der Waals surface area (Å²) in [6.07, 6.45) is 0. The number of nitrogens with zero attached hydrogens (tertiary/aromatic N) is 1. The molecular weight excluding hydrogens is 510 g/mol. The fourth-order valence-electron chi connectivity index (χ4n) is 7.10. The van der Waals surface area contributed by atoms with Crippen LogP contribution in [0.2, 0.25) is 0 Å². The van der Waals surface area contributed by atoms with E-state index in [1.807, 2.05) is 30.3 Å². The van der Waals surface area contributed by atoms with Crippen LogP contribution >= 0.6 is 0 Å². The van der Waals surface area contributed by atoms with Gasteiger partial charge in [-0.1, -0.05) is 111 Å². The first-order chi connectivity index (χ1) is 20.6. The topological polar surface area (TPSA) is 26.0 Å². The normalized spacial score (nSPS) is 13.7. The summed E-state index contributed by atoms with van der Waals surface area (Å²) in [5.41, 5.74) is 10.6. The second-order valence-corrected chi connectivity index (χ2v) is 12.0. The van der Waals surface area contributed by atoms with E-state index in [0.29, 0.717) is 5.89 Å². The van der Waals surface area contributed by atoms with Gasteiger partial charge in [-0.15, -0.1) is 0 Å². The number of hydrogen-bond donors (Lipinski definition) is 0. The molecule has 42 heavy (non-hydrogen) atoms. The third-order valence-corrected chi connectivity index (χ3v) is 9.27. The summed E-state index contributed by atoms with van der Waals surface area (Å²) in [6, 6.07) is 45.9. The van der Waals surface area contributed by atoms with Crippen LogP contribution in [0.1, 0.15) is 25.0 Å². The van der Waals surface area contributed by atoms with Crippen LogP contribution < -0.4 is 0 Å². The standard InChI is InChI=1S/C40H27NO/c1-40(2)33-20-16-24-8-6-7-11-30(24)37(33)32-19-15-28(23-34(32)40)27-14-18-31-29(22-27)13-12-25-17-21-35-38(36(25)31)42-39(41-35)26-9-4-3-5-10-26/h3-23H,1-2H3. The van der Waals surface area contributed by atoms with E-state index >= 15 is 0 Å². The molecule has 1 aliphatic carbocycles. The highest BCUT2D eigenvalue weighted by Crippen LogP contribution is 2.52. The quantitative estimate of drug-likeness (QED) is 0.205. The van der Waals surface area contributed by atoms with E-state index in [9.17, 15) is 0 Å². The van der Waals surface area contributed by atoms with Gasteiger partial charge in [-0.05, 0) is 90.6 Å². The van der Waals surface area contributed by atoms with E-state index < -0.39 is 0 Å². The minimum Gasteiger partial charge on any atom is -0.435 e. The number of rotatable bonds is 2. The zero-order chi connectivity index (χ0) is 28.0. The molecule has 8 aromatic rings. The van der Waals surface area contributed by atoms with Crippen LogP contribution in [0.3, 0.4) is 0 Å². The Bertz CT molecular complexity index is 2380. The van der Waals surface area contributed by atoms with Gasteiger partial charge in [0.2, 0.25) is 5.89 Å². The number of benzene rings is 7. The van der Waals surface area contributed by atoms with Gasteiger partial charge >= 0.3 is 0 Å². The Hall–Kier alpha value is -5.21. The Balaban J connectivity index is 1.20. The Labute approximate surface area is 243 Å². The predicted octanol–water partition coefficient (Wildman–Crippen LogP) is 10.9. The molecule has 0 aliphatic heterocycles. The molecule has 1 aromatic heterocycles. The summed E-state index contributed by atoms with van der Waals surface area (Å²) in [5, 5.41) is 7.27. The summed E-state index contributed by atoms with van der Waals surface area (Å²) in [4.78, 5) is 4.82. The Morgan fingerprint density at radius 2 is 1.29 bits per heavy atom. The molecule has 0 amide bonds. The molecule has 2 nitrogen and oxygen atoms in total. The molecule has 0 saturated carbocycles. The van der Waals surface area contributed by atoms with Crippen molar-refractivity contribution in [1.82, 2.24) is 4.98 Å². The van der Waals surface area contributed by atoms with E-state index in [-0.39, 0.29) is 5.41 Å². The predicted molar refractivity (Wildman–Crippen MR) is 175 cm³/mol. The number of hydrogen-bond acceptors (Lipinski definition) is 2. The Morgan fingerprint density at radius 1 is 0.548 bits per heavy atom. The lowest BCUT2D eigenvalue weighted by molar-refractivity contribution is 0.623. The lowest BCUT2D eigenvalue weighted by Crippen LogP contribution is -2.15. The van der Waals surface area contributed by atoms with Gasteiger partial charge in [0.25, 0.3) is 0 Å². The minimum atomic E-state index is -0.0634. The maximum Gasteiger partial charge on any atom is 0.227 e. The van der Waals surface area contributed by atoms with Gasteiger partial charge in [-0.3, -0.25) is 0 Å². The van der Waals surface area contributed by atoms with Crippen molar-refractivity contribution in [3.05, 3.63) is 139 Å². The molecule has 0 fully saturated rings. The van der Waals surface area contributed by atoms with Crippen LogP contribution in [0.25, 0.3) is 77.1 Å². The lowest BCUT2D eigenvalue weighted by atomic mass is 9.81. The second-order valence-electron chi connectivity index (χ2n) is 12.0. The smallest absolute Gasteiger partial charge is 0.227 e. The second kappa shape index (κ2) is 8.41. The summed E-state index contributed by atoms with van der Waals surface area (Å²) in [7, 11) is 0. The monoisotopic (exact) mass is 537 g/mol. The highest BCUT2D eigenvalue weighted by molar-refractivity contribution is 6.18. The van der Waals surface area contributed by atoms with Crippen molar-refractivity contribution in [1.29, 1.82) is 0 Å². The fraction of sp³-hybridized carbons (Fsp3) is 0.0750. The molecule has 0 N–H and O–H groups in total. The van der Waals surface area contributed by atoms with Crippen molar-refractivity contribution < 1.29 is 4.42 Å². The van der Waals surface area contributed by atoms with Crippen LogP contribution in [0, 0.1) is 0 Å². The van der Waals surface area contributed by atoms with Gasteiger partial charge in [-0.25, -0.2) is 4.98 Å². The molecule has 9 rings (SSSR count). The van der Waals surface area contributed by atoms with Crippen molar-refractivity contribution in [2.24, 2.45) is 0 Å². The molecule has 2 heteroatoms. The van der Waals surface area contributed by atoms with E-state index in [0.717, 1.165) is 27.4 Å². The van der Waals surface area contributed by atoms with Crippen molar-refractivity contribution in [3.63, 3.8) is 0 Å². The number of fused-ring (bicyclic) bond motifs is 10. The average molecular weight is 538 g/mol. The summed E-state index contributed by atoms with van der Waals surface area (Å²) in [6.45, 7) is 4.71. The zero-order valence-electron chi connectivity index (χ0n) is 23.5. The molecule has 1 heterocycles. The largest absolute Gasteiger partial charge is 0.435 e. The maximum atomic E-state index is 6.41. The molecule has 7 aromatic carbocycles. The average Bonchev–Trinajstić information content (AvgIpc) is 3.58. The van der Waals surface area contributed by atoms with Gasteiger partial charge in [0, 0.05) is 16.4 Å². The molecule has 0 bridgehead atoms. The lowest BCUT2D eigenvalue weighted by Gasteiger charge is -2.22. The molecule has 1 aliphatic rings. The van der Waals surface area contributed by atoms with Gasteiger partial charge in [0.15, 0.2) is 5.58 Å². The molecule has 0 atom stereocenters. The maximum absolute atomic E-state index is 6.41. The molecule has 198 valence electrons. The zero-order valence-corrected chi connectivity index (χ0v) is 23.5. The van der Waals surface area contributed by atoms with Crippen molar-refractivity contribution in [2.45, 2.75) is 19.3 Å². The van der Waals surface area contributed by atoms with Crippen LogP contribution in [0.4, 0.5) is 0 Å². The van der Waals surface area contributed by atoms with Gasteiger partial charge in [-0.2, -0.15) is 0 Å². The van der Waals surface area contributed by atoms with E-state index in [1.165, 1.54) is 54.9 Å². The number of oxazole rings is 1. The van der Waals surface area contributed by atoms with Crippen LogP contribution in [-0.4, -0.2) is 4.98 Å². The Kier molecular flexibility index (Phi) is 4.70. The van der Waals surface area contributed by atoms with E-state index in [4.69, 9.17) is 9.40 Å². The first kappa shape index (κ1) is 23.5. The van der Waals surface area contributed by atoms with Crippen molar-refractivity contribution in [2.75, 3.05) is 0 Å². The molecular formula is C40H27NO. The van der Waals surface area contributed by atoms with E-state index in [2.05, 4.69) is 111 Å². The SMILES string of the molecule is CC1(C)c2cc(-c3ccc4c(ccc5ccc6nc(-c7ccccc7)oc6c54)c3)ccc2-c2c1ccc1ccccc21. The van der Waals surface area contributed by atoms with Gasteiger partial charge < -0.3 is 4.42 Å². The summed E-state index contributed by atoms with van der Waals surface area (Å²) in [5.74, 6) is 0.654. The van der Waals surface area contributed by atoms with Crippen LogP contribution in [-0.2, 0) is 5.41 Å². The van der Waals surface area contributed by atoms with Crippen LogP contribution in [0.15, 0.2) is 132 Å². The molecule has 0 unspecified atom stereocenters. The first-order valence-electron chi connectivity index (χ1n) is 14.6. The highest BCUT2D eigenvalue weighted by atomic mass is 16.3. The van der Waals surface area contributed by atoms with E-state index in [1.54, 1.807) is 0 Å². The van der Waals surface area contributed by atoms with Crippen molar-refractivity contribution >= 4 is 43.4 Å². The van der Waals surface area contributed by atoms with Crippen molar-refractivity contribution in [3.8, 4) is 33.7 Å². The highest BCUT2D eigenvalue weighted by Gasteiger charge is 2.36. The molecule has 0 saturated heterocycles. The molecule has 0 radical (unpaired) electrons. The third kappa shape index (κ3) is 3.24. The molecule has 0 spiro atoms. The van der Waals surface area contributed by atoms with Gasteiger partial charge in [0.1, 0.15) is 5.52 Å². The first-order valence-corrected chi connectivity index (χ1v) is 14.6. The van der Waals surface area contributed by atoms with Crippen LogP contribution in [0.5, 0.6) is 0 Å². The number of aromatic nitrogens is 1. The summed E-state index contributed by atoms with van der Waals surface area (Å²) < 4.78 is 6.41. The summed E-state index contributed by atoms with van der Waals surface area (Å²) >= 11 is 0. The Morgan fingerprint density at radius 3 is 2.19 bits per heavy atom. The fourth-order valence-corrected chi connectivity index (χ4v) is 7.10.